The summed E-state index contributed by atoms with van der Waals surface area (Å²) < 4.78 is 19.2. The largest absolute Gasteiger partial charge is 0.478 e. The van der Waals surface area contributed by atoms with Crippen LogP contribution in [-0.2, 0) is 15.1 Å². The van der Waals surface area contributed by atoms with Crippen molar-refractivity contribution < 1.29 is 19.4 Å². The number of methoxy groups -OCH3 is 1. The molecule has 0 aliphatic rings. The molecule has 0 unspecified atom stereocenters. The van der Waals surface area contributed by atoms with Crippen LogP contribution in [0.15, 0.2) is 66.7 Å². The van der Waals surface area contributed by atoms with Crippen molar-refractivity contribution in [3.63, 3.8) is 0 Å². The predicted molar refractivity (Wildman–Crippen MR) is 104 cm³/mol. The molecule has 3 aromatic rings. The topological polar surface area (TPSA) is 81.5 Å². The number of aromatic nitrogens is 2. The van der Waals surface area contributed by atoms with Crippen LogP contribution >= 0.6 is 0 Å². The second-order valence-corrected chi connectivity index (χ2v) is 6.42. The van der Waals surface area contributed by atoms with E-state index in [1.165, 1.54) is 7.11 Å². The van der Waals surface area contributed by atoms with Crippen LogP contribution in [0.25, 0.3) is 1.43 Å². The van der Waals surface area contributed by atoms with Crippen molar-refractivity contribution >= 4 is 5.97 Å². The van der Waals surface area contributed by atoms with Crippen LogP contribution < -0.4 is 4.74 Å². The zero-order valence-electron chi connectivity index (χ0n) is 17.0. The summed E-state index contributed by atoms with van der Waals surface area (Å²) in [7, 11) is 1.48. The fourth-order valence-corrected chi connectivity index (χ4v) is 3.33. The van der Waals surface area contributed by atoms with Gasteiger partial charge in [0.25, 0.3) is 1.43 Å². The zero-order chi connectivity index (χ0) is 20.9. The summed E-state index contributed by atoms with van der Waals surface area (Å²) in [4.78, 5) is 21.3. The van der Waals surface area contributed by atoms with E-state index in [4.69, 9.17) is 10.9 Å². The first-order valence-electron chi connectivity index (χ1n) is 9.24. The molecule has 0 radical (unpaired) electrons. The summed E-state index contributed by atoms with van der Waals surface area (Å²) in [6.07, 6.45) is -1.36. The van der Waals surface area contributed by atoms with Crippen molar-refractivity contribution in [1.29, 1.82) is 1.43 Å². The van der Waals surface area contributed by atoms with Gasteiger partial charge in [-0.25, -0.2) is 14.8 Å². The molecule has 1 N–H and O–H groups in total. The molecule has 6 heteroatoms. The van der Waals surface area contributed by atoms with Gasteiger partial charge < -0.3 is 14.6 Å². The molecule has 6 nitrogen and oxygen atoms in total. The Morgan fingerprint density at radius 1 is 1.00 bits per heavy atom. The Balaban J connectivity index is 2.22. The van der Waals surface area contributed by atoms with Gasteiger partial charge in [0.05, 0.1) is 0 Å². The average molecular weight is 379 g/mol. The van der Waals surface area contributed by atoms with Gasteiger partial charge in [-0.2, -0.15) is 0 Å². The van der Waals surface area contributed by atoms with Crippen molar-refractivity contribution in [3.05, 3.63) is 89.2 Å². The number of carboxylic acid groups (broad SMARTS) is 1. The van der Waals surface area contributed by atoms with Crippen molar-refractivity contribution in [1.82, 2.24) is 9.97 Å². The molecule has 1 atom stereocenters. The standard InChI is InChI=1S/C22H22N2O4/c1-15-14-16(2)24-21(23-15)28-19(20(25)26)22(27-3,17-10-6-4-7-11-17)18-12-8-5-9-13-18/h4-14,19H,1-3H3,(H,25,26)/t19-/m1/s1/i/hD. The molecular formula is C22H22N2O4. The minimum Gasteiger partial charge on any atom is -0.478 e. The number of nitrogens with zero attached hydrogens (tertiary/aromatic N) is 2. The highest BCUT2D eigenvalue weighted by Crippen LogP contribution is 2.38. The van der Waals surface area contributed by atoms with Gasteiger partial charge in [-0.05, 0) is 31.0 Å². The second-order valence-electron chi connectivity index (χ2n) is 6.42. The molecule has 0 saturated heterocycles. The van der Waals surface area contributed by atoms with E-state index in [0.717, 1.165) is 0 Å². The molecule has 0 amide bonds. The molecular weight excluding hydrogens is 356 g/mol. The third-order valence-corrected chi connectivity index (χ3v) is 4.50. The first kappa shape index (κ1) is 18.1. The summed E-state index contributed by atoms with van der Waals surface area (Å²) in [5, 5.41) is 4.35. The van der Waals surface area contributed by atoms with Crippen LogP contribution in [0.4, 0.5) is 0 Å². The summed E-state index contributed by atoms with van der Waals surface area (Å²) in [6, 6.07) is 20.2. The zero-order valence-corrected chi connectivity index (χ0v) is 16.0. The number of aryl methyl sites for hydroxylation is 2. The van der Waals surface area contributed by atoms with E-state index < -0.39 is 17.7 Å². The normalized spacial score (nSPS) is 12.8. The van der Waals surface area contributed by atoms with Crippen molar-refractivity contribution in [2.45, 2.75) is 25.6 Å². The Hall–Kier alpha value is -3.25. The first-order chi connectivity index (χ1) is 14.0. The molecule has 0 bridgehead atoms. The summed E-state index contributed by atoms with van der Waals surface area (Å²) >= 11 is 0. The van der Waals surface area contributed by atoms with Gasteiger partial charge in [0.15, 0.2) is 5.60 Å². The first-order valence-corrected chi connectivity index (χ1v) is 8.83. The van der Waals surface area contributed by atoms with Gasteiger partial charge in [0.2, 0.25) is 6.10 Å². The van der Waals surface area contributed by atoms with E-state index in [9.17, 15) is 4.79 Å². The smallest absolute Gasteiger partial charge is 0.348 e. The lowest BCUT2D eigenvalue weighted by molar-refractivity contribution is -0.160. The molecule has 28 heavy (non-hydrogen) atoms. The number of rotatable bonds is 7. The lowest BCUT2D eigenvalue weighted by Gasteiger charge is -2.37. The SMILES string of the molecule is [2H]OC(=O)[C@@H](Oc1nc(C)cc(C)n1)C(OC)(c1ccccc1)c1ccccc1. The van der Waals surface area contributed by atoms with Gasteiger partial charge in [-0.1, -0.05) is 60.7 Å². The Kier molecular flexibility index (Phi) is 5.30. The summed E-state index contributed by atoms with van der Waals surface area (Å²) in [6.45, 7) is 3.61. The molecule has 1 aromatic heterocycles. The summed E-state index contributed by atoms with van der Waals surface area (Å²) in [5.41, 5.74) is 1.31. The highest BCUT2D eigenvalue weighted by molar-refractivity contribution is 5.76. The fraction of sp³-hybridized carbons (Fsp3) is 0.227. The van der Waals surface area contributed by atoms with Crippen LogP contribution in [0.3, 0.4) is 0 Å². The maximum Gasteiger partial charge on any atom is 0.348 e. The third kappa shape index (κ3) is 3.73. The maximum absolute atomic E-state index is 12.8. The molecule has 2 aromatic carbocycles. The van der Waals surface area contributed by atoms with Crippen molar-refractivity contribution in [3.8, 4) is 6.01 Å². The fourth-order valence-electron chi connectivity index (χ4n) is 3.33. The van der Waals surface area contributed by atoms with Gasteiger partial charge in [0, 0.05) is 18.5 Å². The third-order valence-electron chi connectivity index (χ3n) is 4.50. The Bertz CT molecular complexity index is 907. The van der Waals surface area contributed by atoms with Crippen LogP contribution in [-0.4, -0.2) is 34.3 Å². The van der Waals surface area contributed by atoms with Crippen molar-refractivity contribution in [2.75, 3.05) is 7.11 Å². The van der Waals surface area contributed by atoms with E-state index in [1.807, 2.05) is 60.7 Å². The van der Waals surface area contributed by atoms with Crippen molar-refractivity contribution in [2.24, 2.45) is 0 Å². The highest BCUT2D eigenvalue weighted by atomic mass is 16.6. The minimum absolute atomic E-state index is 0.00573. The second kappa shape index (κ2) is 8.19. The van der Waals surface area contributed by atoms with E-state index in [1.54, 1.807) is 19.9 Å². The minimum atomic E-state index is -1.39. The van der Waals surface area contributed by atoms with Gasteiger partial charge in [-0.15, -0.1) is 0 Å². The molecule has 0 aliphatic heterocycles. The van der Waals surface area contributed by atoms with Crippen LogP contribution in [0.5, 0.6) is 6.01 Å². The summed E-state index contributed by atoms with van der Waals surface area (Å²) in [5.74, 6) is -0.928. The van der Waals surface area contributed by atoms with Gasteiger partial charge in [-0.3, -0.25) is 0 Å². The Labute approximate surface area is 165 Å². The predicted octanol–water partition coefficient (Wildman–Crippen LogP) is 3.52. The molecule has 1 heterocycles. The van der Waals surface area contributed by atoms with Crippen LogP contribution in [0.2, 0.25) is 0 Å². The van der Waals surface area contributed by atoms with Gasteiger partial charge >= 0.3 is 12.0 Å². The monoisotopic (exact) mass is 379 g/mol. The lowest BCUT2D eigenvalue weighted by Crippen LogP contribution is -2.50. The van der Waals surface area contributed by atoms with E-state index in [2.05, 4.69) is 15.1 Å². The highest BCUT2D eigenvalue weighted by Gasteiger charge is 2.49. The molecule has 0 saturated carbocycles. The number of carboxylic acids is 1. The average Bonchev–Trinajstić information content (AvgIpc) is 2.74. The molecule has 0 fully saturated rings. The molecule has 3 rings (SSSR count). The Morgan fingerprint density at radius 2 is 1.50 bits per heavy atom. The number of ether oxygens (including phenoxy) is 2. The number of aliphatic carboxylic acids is 1. The van der Waals surface area contributed by atoms with Gasteiger partial charge in [0.1, 0.15) is 0 Å². The van der Waals surface area contributed by atoms with E-state index in [0.29, 0.717) is 22.5 Å². The Morgan fingerprint density at radius 3 is 1.93 bits per heavy atom. The molecule has 0 aliphatic carbocycles. The van der Waals surface area contributed by atoms with Crippen LogP contribution in [0, 0.1) is 13.8 Å². The quantitative estimate of drug-likeness (QED) is 0.676. The number of benzene rings is 2. The maximum atomic E-state index is 12.8. The van der Waals surface area contributed by atoms with E-state index >= 15 is 0 Å². The van der Waals surface area contributed by atoms with E-state index in [-0.39, 0.29) is 6.01 Å². The molecule has 144 valence electrons. The molecule has 0 spiro atoms. The lowest BCUT2D eigenvalue weighted by atomic mass is 9.81. The van der Waals surface area contributed by atoms with Crippen LogP contribution in [0.1, 0.15) is 22.5 Å². The number of hydrogen-bond donors (Lipinski definition) is 1. The number of carbonyl (C=O) groups is 1. The number of hydrogen-bond acceptors (Lipinski definition) is 6.